The van der Waals surface area contributed by atoms with Crippen LogP contribution in [0.3, 0.4) is 0 Å². The third kappa shape index (κ3) is 5.74. The number of benzene rings is 1. The summed E-state index contributed by atoms with van der Waals surface area (Å²) in [5, 5.41) is 12.0. The Bertz CT molecular complexity index is 568. The van der Waals surface area contributed by atoms with Gasteiger partial charge in [-0.25, -0.2) is 4.79 Å². The van der Waals surface area contributed by atoms with E-state index in [0.29, 0.717) is 6.42 Å². The van der Waals surface area contributed by atoms with Gasteiger partial charge in [0.1, 0.15) is 5.60 Å². The second-order valence-electron chi connectivity index (χ2n) is 5.78. The highest BCUT2D eigenvalue weighted by Crippen LogP contribution is 2.27. The fourth-order valence-corrected chi connectivity index (χ4v) is 1.83. The Kier molecular flexibility index (Phi) is 6.32. The molecular formula is C15H22N2O6. The molecule has 0 fully saturated rings. The lowest BCUT2D eigenvalue weighted by Crippen LogP contribution is -2.37. The normalized spacial score (nSPS) is 11.0. The van der Waals surface area contributed by atoms with Gasteiger partial charge in [-0.1, -0.05) is 6.07 Å². The monoisotopic (exact) mass is 326 g/mol. The molecule has 0 aliphatic heterocycles. The van der Waals surface area contributed by atoms with Crippen LogP contribution in [0.4, 0.5) is 10.5 Å². The predicted molar refractivity (Wildman–Crippen MR) is 83.3 cm³/mol. The molecule has 128 valence electrons. The zero-order valence-corrected chi connectivity index (χ0v) is 14.0. The van der Waals surface area contributed by atoms with Gasteiger partial charge in [-0.05, 0) is 38.8 Å². The van der Waals surface area contributed by atoms with Crippen molar-refractivity contribution in [3.05, 3.63) is 33.9 Å². The summed E-state index contributed by atoms with van der Waals surface area (Å²) >= 11 is 0. The maximum absolute atomic E-state index is 11.9. The van der Waals surface area contributed by atoms with Crippen molar-refractivity contribution in [3.8, 4) is 5.75 Å². The standard InChI is InChI=1S/C15H22N2O6/c1-15(2,3)23-14(18)16(22-5)9-8-11-6-7-12(17(19)20)13(10-11)21-4/h6-7,10H,8-9H2,1-5H3. The number of ether oxygens (including phenoxy) is 2. The SMILES string of the molecule is COc1cc(CCN(OC)C(=O)OC(C)(C)C)ccc1[N+](=O)[O-]. The lowest BCUT2D eigenvalue weighted by molar-refractivity contribution is -0.385. The van der Waals surface area contributed by atoms with Gasteiger partial charge in [-0.15, -0.1) is 0 Å². The zero-order chi connectivity index (χ0) is 17.6. The van der Waals surface area contributed by atoms with Crippen LogP contribution in [0.1, 0.15) is 26.3 Å². The Labute approximate surface area is 135 Å². The average molecular weight is 326 g/mol. The summed E-state index contributed by atoms with van der Waals surface area (Å²) in [7, 11) is 2.74. The number of carbonyl (C=O) groups is 1. The third-order valence-corrected chi connectivity index (χ3v) is 2.86. The number of nitrogens with zero attached hydrogens (tertiary/aromatic N) is 2. The molecular weight excluding hydrogens is 304 g/mol. The minimum absolute atomic E-state index is 0.105. The van der Waals surface area contributed by atoms with Gasteiger partial charge >= 0.3 is 11.8 Å². The van der Waals surface area contributed by atoms with Gasteiger partial charge in [-0.3, -0.25) is 15.0 Å². The summed E-state index contributed by atoms with van der Waals surface area (Å²) in [6.45, 7) is 5.53. The van der Waals surface area contributed by atoms with E-state index in [2.05, 4.69) is 0 Å². The van der Waals surface area contributed by atoms with Crippen molar-refractivity contribution in [1.82, 2.24) is 5.06 Å². The van der Waals surface area contributed by atoms with Crippen LogP contribution in [0, 0.1) is 10.1 Å². The topological polar surface area (TPSA) is 91.1 Å². The number of hydroxylamine groups is 2. The van der Waals surface area contributed by atoms with Gasteiger partial charge in [0.05, 0.1) is 25.7 Å². The molecule has 0 saturated heterocycles. The number of methoxy groups -OCH3 is 1. The second-order valence-corrected chi connectivity index (χ2v) is 5.78. The molecule has 8 nitrogen and oxygen atoms in total. The molecule has 23 heavy (non-hydrogen) atoms. The van der Waals surface area contributed by atoms with Crippen LogP contribution >= 0.6 is 0 Å². The summed E-state index contributed by atoms with van der Waals surface area (Å²) in [4.78, 5) is 27.3. The summed E-state index contributed by atoms with van der Waals surface area (Å²) in [6.07, 6.45) is -0.157. The molecule has 0 unspecified atom stereocenters. The van der Waals surface area contributed by atoms with Crippen LogP contribution in [0.25, 0.3) is 0 Å². The Morgan fingerprint density at radius 3 is 2.43 bits per heavy atom. The Morgan fingerprint density at radius 2 is 1.96 bits per heavy atom. The maximum atomic E-state index is 11.9. The summed E-state index contributed by atoms with van der Waals surface area (Å²) in [6, 6.07) is 4.56. The smallest absolute Gasteiger partial charge is 0.434 e. The lowest BCUT2D eigenvalue weighted by Gasteiger charge is -2.25. The van der Waals surface area contributed by atoms with E-state index < -0.39 is 16.6 Å². The molecule has 0 spiro atoms. The van der Waals surface area contributed by atoms with E-state index in [1.165, 1.54) is 20.3 Å². The first-order valence-corrected chi connectivity index (χ1v) is 7.04. The van der Waals surface area contributed by atoms with Crippen molar-refractivity contribution in [2.24, 2.45) is 0 Å². The predicted octanol–water partition coefficient (Wildman–Crippen LogP) is 2.94. The first-order valence-electron chi connectivity index (χ1n) is 7.04. The molecule has 0 heterocycles. The number of nitro benzene ring substituents is 1. The number of hydrogen-bond donors (Lipinski definition) is 0. The molecule has 0 atom stereocenters. The first kappa shape index (κ1) is 18.7. The van der Waals surface area contributed by atoms with Gasteiger partial charge in [0.15, 0.2) is 5.75 Å². The second kappa shape index (κ2) is 7.77. The molecule has 1 aromatic rings. The number of rotatable bonds is 6. The van der Waals surface area contributed by atoms with E-state index >= 15 is 0 Å². The van der Waals surface area contributed by atoms with E-state index in [-0.39, 0.29) is 18.0 Å². The highest BCUT2D eigenvalue weighted by Gasteiger charge is 2.22. The maximum Gasteiger partial charge on any atom is 0.434 e. The van der Waals surface area contributed by atoms with Crippen LogP contribution < -0.4 is 4.74 Å². The summed E-state index contributed by atoms with van der Waals surface area (Å²) in [5.74, 6) is 0.175. The molecule has 0 N–H and O–H groups in total. The summed E-state index contributed by atoms with van der Waals surface area (Å²) in [5.41, 5.74) is 0.0507. The molecule has 0 saturated carbocycles. The Morgan fingerprint density at radius 1 is 1.30 bits per heavy atom. The van der Waals surface area contributed by atoms with Gasteiger partial charge < -0.3 is 9.47 Å². The van der Waals surface area contributed by atoms with Crippen molar-refractivity contribution >= 4 is 11.8 Å². The summed E-state index contributed by atoms with van der Waals surface area (Å²) < 4.78 is 10.2. The van der Waals surface area contributed by atoms with Crippen LogP contribution in [-0.4, -0.2) is 42.4 Å². The largest absolute Gasteiger partial charge is 0.490 e. The van der Waals surface area contributed by atoms with E-state index in [9.17, 15) is 14.9 Å². The van der Waals surface area contributed by atoms with E-state index in [4.69, 9.17) is 14.3 Å². The van der Waals surface area contributed by atoms with Gasteiger partial charge in [0.25, 0.3) is 0 Å². The van der Waals surface area contributed by atoms with E-state index in [1.54, 1.807) is 32.9 Å². The molecule has 1 aromatic carbocycles. The van der Waals surface area contributed by atoms with Gasteiger partial charge in [-0.2, -0.15) is 5.06 Å². The fourth-order valence-electron chi connectivity index (χ4n) is 1.83. The molecule has 0 radical (unpaired) electrons. The highest BCUT2D eigenvalue weighted by atomic mass is 16.7. The average Bonchev–Trinajstić information content (AvgIpc) is 2.45. The molecule has 0 bridgehead atoms. The number of nitro groups is 1. The van der Waals surface area contributed by atoms with E-state index in [1.807, 2.05) is 0 Å². The van der Waals surface area contributed by atoms with Crippen LogP contribution in [-0.2, 0) is 16.0 Å². The number of carbonyl (C=O) groups excluding carboxylic acids is 1. The number of amides is 1. The van der Waals surface area contributed by atoms with Gasteiger partial charge in [0.2, 0.25) is 0 Å². The van der Waals surface area contributed by atoms with Crippen molar-refractivity contribution < 1.29 is 24.0 Å². The zero-order valence-electron chi connectivity index (χ0n) is 14.0. The number of hydrogen-bond acceptors (Lipinski definition) is 6. The molecule has 0 aliphatic carbocycles. The van der Waals surface area contributed by atoms with Crippen LogP contribution in [0.5, 0.6) is 5.75 Å². The lowest BCUT2D eigenvalue weighted by atomic mass is 10.1. The quantitative estimate of drug-likeness (QED) is 0.589. The van der Waals surface area contributed by atoms with Gasteiger partial charge in [0, 0.05) is 6.07 Å². The third-order valence-electron chi connectivity index (χ3n) is 2.86. The Hall–Kier alpha value is -2.35. The van der Waals surface area contributed by atoms with Crippen LogP contribution in [0.15, 0.2) is 18.2 Å². The highest BCUT2D eigenvalue weighted by molar-refractivity contribution is 5.66. The van der Waals surface area contributed by atoms with Crippen molar-refractivity contribution in [3.63, 3.8) is 0 Å². The van der Waals surface area contributed by atoms with Crippen molar-refractivity contribution in [2.45, 2.75) is 32.8 Å². The minimum atomic E-state index is -0.621. The molecule has 1 amide bonds. The van der Waals surface area contributed by atoms with Crippen LogP contribution in [0.2, 0.25) is 0 Å². The molecule has 8 heteroatoms. The Balaban J connectivity index is 2.76. The van der Waals surface area contributed by atoms with E-state index in [0.717, 1.165) is 10.6 Å². The minimum Gasteiger partial charge on any atom is -0.490 e. The molecule has 1 rings (SSSR count). The van der Waals surface area contributed by atoms with Crippen molar-refractivity contribution in [1.29, 1.82) is 0 Å². The molecule has 0 aliphatic rings. The first-order chi connectivity index (χ1) is 10.7. The van der Waals surface area contributed by atoms with Crippen molar-refractivity contribution in [2.75, 3.05) is 20.8 Å². The molecule has 0 aromatic heterocycles. The fraction of sp³-hybridized carbons (Fsp3) is 0.533.